The maximum absolute atomic E-state index is 12.3. The van der Waals surface area contributed by atoms with Crippen LogP contribution in [0.15, 0.2) is 10.2 Å². The van der Waals surface area contributed by atoms with E-state index in [1.54, 1.807) is 6.92 Å². The van der Waals surface area contributed by atoms with Gasteiger partial charge in [0.05, 0.1) is 0 Å². The number of carbonyl (C=O) groups is 2. The predicted octanol–water partition coefficient (Wildman–Crippen LogP) is 1.81. The Morgan fingerprint density at radius 2 is 2.10 bits per heavy atom. The maximum Gasteiger partial charge on any atom is 0.326 e. The summed E-state index contributed by atoms with van der Waals surface area (Å²) >= 11 is 0. The van der Waals surface area contributed by atoms with Crippen molar-refractivity contribution in [2.24, 2.45) is 10.2 Å². The molecule has 2 aliphatic rings. The van der Waals surface area contributed by atoms with Crippen LogP contribution in [0.2, 0.25) is 0 Å². The second-order valence-corrected chi connectivity index (χ2v) is 5.43. The van der Waals surface area contributed by atoms with E-state index >= 15 is 0 Å². The first-order valence-corrected chi connectivity index (χ1v) is 6.90. The SMILES string of the molecule is C#CCCC1(CCC(=O)N(C2CC2)C(C)C(=O)O)N=N1. The van der Waals surface area contributed by atoms with Crippen molar-refractivity contribution in [2.75, 3.05) is 0 Å². The first-order valence-electron chi connectivity index (χ1n) is 6.90. The molecule has 0 saturated heterocycles. The van der Waals surface area contributed by atoms with Gasteiger partial charge in [0, 0.05) is 31.7 Å². The summed E-state index contributed by atoms with van der Waals surface area (Å²) in [6.07, 6.45) is 9.02. The smallest absolute Gasteiger partial charge is 0.326 e. The van der Waals surface area contributed by atoms with Crippen LogP contribution in [0.3, 0.4) is 0 Å². The van der Waals surface area contributed by atoms with Gasteiger partial charge in [0.2, 0.25) is 5.91 Å². The summed E-state index contributed by atoms with van der Waals surface area (Å²) in [5.74, 6) is 1.45. The number of carbonyl (C=O) groups excluding carboxylic acids is 1. The third-order valence-corrected chi connectivity index (χ3v) is 3.79. The van der Waals surface area contributed by atoms with Crippen LogP contribution >= 0.6 is 0 Å². The molecule has 1 aliphatic carbocycles. The first kappa shape index (κ1) is 14.5. The number of amides is 1. The van der Waals surface area contributed by atoms with Crippen LogP contribution in [0.5, 0.6) is 0 Å². The Bertz CT molecular complexity index is 471. The molecule has 6 heteroatoms. The minimum absolute atomic E-state index is 0.0864. The molecule has 1 amide bonds. The van der Waals surface area contributed by atoms with Gasteiger partial charge in [0.15, 0.2) is 5.66 Å². The fourth-order valence-electron chi connectivity index (χ4n) is 2.31. The molecule has 6 nitrogen and oxygen atoms in total. The van der Waals surface area contributed by atoms with E-state index in [0.717, 1.165) is 12.8 Å². The lowest BCUT2D eigenvalue weighted by atomic mass is 10.0. The van der Waals surface area contributed by atoms with E-state index in [2.05, 4.69) is 16.1 Å². The van der Waals surface area contributed by atoms with Crippen molar-refractivity contribution >= 4 is 11.9 Å². The van der Waals surface area contributed by atoms with Crippen molar-refractivity contribution in [2.45, 2.75) is 63.2 Å². The Morgan fingerprint density at radius 1 is 1.45 bits per heavy atom. The average Bonchev–Trinajstić information content (AvgIpc) is 3.30. The van der Waals surface area contributed by atoms with E-state index in [0.29, 0.717) is 19.3 Å². The fourth-order valence-corrected chi connectivity index (χ4v) is 2.31. The summed E-state index contributed by atoms with van der Waals surface area (Å²) in [7, 11) is 0. The number of aliphatic carboxylic acids is 1. The number of nitrogens with zero attached hydrogens (tertiary/aromatic N) is 3. The van der Waals surface area contributed by atoms with Crippen molar-refractivity contribution < 1.29 is 14.7 Å². The zero-order valence-electron chi connectivity index (χ0n) is 11.6. The van der Waals surface area contributed by atoms with Gasteiger partial charge >= 0.3 is 5.97 Å². The van der Waals surface area contributed by atoms with Gasteiger partial charge in [-0.15, -0.1) is 12.3 Å². The summed E-state index contributed by atoms with van der Waals surface area (Å²) in [5, 5.41) is 17.1. The number of terminal acetylenes is 1. The van der Waals surface area contributed by atoms with E-state index in [-0.39, 0.29) is 18.4 Å². The molecule has 1 heterocycles. The molecule has 0 aromatic heterocycles. The standard InChI is InChI=1S/C14H19N3O3/c1-3-4-8-14(15-16-14)9-7-12(18)17(11-5-6-11)10(2)13(19)20/h1,10-11H,4-9H2,2H3,(H,19,20). The molecule has 1 atom stereocenters. The van der Waals surface area contributed by atoms with Crippen LogP contribution in [0.4, 0.5) is 0 Å². The zero-order chi connectivity index (χ0) is 14.8. The minimum atomic E-state index is -0.965. The molecule has 0 radical (unpaired) electrons. The topological polar surface area (TPSA) is 82.3 Å². The predicted molar refractivity (Wildman–Crippen MR) is 71.9 cm³/mol. The molecule has 1 unspecified atom stereocenters. The molecule has 1 aliphatic heterocycles. The maximum atomic E-state index is 12.3. The van der Waals surface area contributed by atoms with Gasteiger partial charge in [0.1, 0.15) is 6.04 Å². The molecular formula is C14H19N3O3. The Morgan fingerprint density at radius 3 is 2.55 bits per heavy atom. The summed E-state index contributed by atoms with van der Waals surface area (Å²) in [6, 6.07) is -0.687. The Kier molecular flexibility index (Phi) is 4.07. The molecule has 108 valence electrons. The van der Waals surface area contributed by atoms with E-state index in [9.17, 15) is 9.59 Å². The zero-order valence-corrected chi connectivity index (χ0v) is 11.6. The molecule has 0 bridgehead atoms. The number of carboxylic acid groups (broad SMARTS) is 1. The van der Waals surface area contributed by atoms with Crippen molar-refractivity contribution in [3.05, 3.63) is 0 Å². The van der Waals surface area contributed by atoms with E-state index in [4.69, 9.17) is 11.5 Å². The first-order chi connectivity index (χ1) is 9.49. The molecule has 1 saturated carbocycles. The van der Waals surface area contributed by atoms with Gasteiger partial charge in [-0.25, -0.2) is 4.79 Å². The highest BCUT2D eigenvalue weighted by atomic mass is 16.4. The highest BCUT2D eigenvalue weighted by Gasteiger charge is 2.42. The van der Waals surface area contributed by atoms with Gasteiger partial charge in [-0.3, -0.25) is 4.79 Å². The lowest BCUT2D eigenvalue weighted by molar-refractivity contribution is -0.150. The molecule has 0 aromatic carbocycles. The molecule has 0 spiro atoms. The minimum Gasteiger partial charge on any atom is -0.480 e. The Labute approximate surface area is 118 Å². The van der Waals surface area contributed by atoms with E-state index in [1.807, 2.05) is 0 Å². The van der Waals surface area contributed by atoms with Gasteiger partial charge in [-0.2, -0.15) is 10.2 Å². The highest BCUT2D eigenvalue weighted by molar-refractivity contribution is 5.84. The number of hydrogen-bond acceptors (Lipinski definition) is 4. The van der Waals surface area contributed by atoms with E-state index < -0.39 is 17.7 Å². The van der Waals surface area contributed by atoms with E-state index in [1.165, 1.54) is 4.90 Å². The van der Waals surface area contributed by atoms with Gasteiger partial charge < -0.3 is 10.0 Å². The molecule has 0 aromatic rings. The summed E-state index contributed by atoms with van der Waals surface area (Å²) in [6.45, 7) is 1.55. The number of carboxylic acids is 1. The lowest BCUT2D eigenvalue weighted by Gasteiger charge is -2.26. The van der Waals surface area contributed by atoms with Crippen LogP contribution in [0, 0.1) is 12.3 Å². The largest absolute Gasteiger partial charge is 0.480 e. The summed E-state index contributed by atoms with van der Waals surface area (Å²) < 4.78 is 0. The lowest BCUT2D eigenvalue weighted by Crippen LogP contribution is -2.44. The van der Waals surface area contributed by atoms with Crippen molar-refractivity contribution in [1.29, 1.82) is 0 Å². The third kappa shape index (κ3) is 3.35. The molecule has 2 rings (SSSR count). The Balaban J connectivity index is 1.86. The van der Waals surface area contributed by atoms with Crippen molar-refractivity contribution in [3.63, 3.8) is 0 Å². The van der Waals surface area contributed by atoms with Crippen LogP contribution in [0.1, 0.15) is 45.4 Å². The fraction of sp³-hybridized carbons (Fsp3) is 0.714. The van der Waals surface area contributed by atoms with Crippen molar-refractivity contribution in [3.8, 4) is 12.3 Å². The number of hydrogen-bond donors (Lipinski definition) is 1. The van der Waals surface area contributed by atoms with Gasteiger partial charge in [0.25, 0.3) is 0 Å². The summed E-state index contributed by atoms with van der Waals surface area (Å²) in [5.41, 5.74) is -0.482. The molecule has 20 heavy (non-hydrogen) atoms. The van der Waals surface area contributed by atoms with Crippen LogP contribution < -0.4 is 0 Å². The van der Waals surface area contributed by atoms with Crippen LogP contribution in [-0.2, 0) is 9.59 Å². The second kappa shape index (κ2) is 5.61. The monoisotopic (exact) mass is 277 g/mol. The quantitative estimate of drug-likeness (QED) is 0.687. The van der Waals surface area contributed by atoms with Crippen molar-refractivity contribution in [1.82, 2.24) is 4.90 Å². The summed E-state index contributed by atoms with van der Waals surface area (Å²) in [4.78, 5) is 24.8. The van der Waals surface area contributed by atoms with Gasteiger partial charge in [-0.1, -0.05) is 0 Å². The van der Waals surface area contributed by atoms with Crippen LogP contribution in [-0.4, -0.2) is 39.6 Å². The second-order valence-electron chi connectivity index (χ2n) is 5.43. The third-order valence-electron chi connectivity index (χ3n) is 3.79. The van der Waals surface area contributed by atoms with Crippen LogP contribution in [0.25, 0.3) is 0 Å². The van der Waals surface area contributed by atoms with Gasteiger partial charge in [-0.05, 0) is 19.8 Å². The molecule has 1 fully saturated rings. The number of rotatable bonds is 8. The molecular weight excluding hydrogens is 258 g/mol. The molecule has 1 N–H and O–H groups in total. The normalized spacial score (nSPS) is 20.0. The average molecular weight is 277 g/mol. The highest BCUT2D eigenvalue weighted by Crippen LogP contribution is 2.38. The Hall–Kier alpha value is -1.90.